The van der Waals surface area contributed by atoms with Gasteiger partial charge in [0.1, 0.15) is 5.56 Å². The molecule has 2 aromatic heterocycles. The fourth-order valence-electron chi connectivity index (χ4n) is 2.92. The summed E-state index contributed by atoms with van der Waals surface area (Å²) in [7, 11) is 0. The van der Waals surface area contributed by atoms with Gasteiger partial charge in [-0.2, -0.15) is 10.1 Å². The van der Waals surface area contributed by atoms with Crippen LogP contribution in [0.3, 0.4) is 0 Å². The molecule has 0 fully saturated rings. The summed E-state index contributed by atoms with van der Waals surface area (Å²) in [6.07, 6.45) is 1.51. The zero-order valence-electron chi connectivity index (χ0n) is 16.0. The van der Waals surface area contributed by atoms with Crippen molar-refractivity contribution >= 4 is 17.5 Å². The van der Waals surface area contributed by atoms with Crippen molar-refractivity contribution in [3.05, 3.63) is 59.5 Å². The van der Waals surface area contributed by atoms with Crippen molar-refractivity contribution in [2.75, 3.05) is 18.1 Å². The molecule has 140 valence electrons. The first-order valence-electron chi connectivity index (χ1n) is 8.95. The lowest BCUT2D eigenvalue weighted by molar-refractivity contribution is 0.0526. The van der Waals surface area contributed by atoms with Crippen molar-refractivity contribution < 1.29 is 9.53 Å². The molecular weight excluding hydrogens is 342 g/mol. The molecule has 1 aromatic carbocycles. The van der Waals surface area contributed by atoms with Crippen LogP contribution in [0.25, 0.3) is 5.95 Å². The number of anilines is 2. The molecule has 0 aliphatic carbocycles. The molecule has 27 heavy (non-hydrogen) atoms. The first-order valence-corrected chi connectivity index (χ1v) is 8.95. The number of nitrogens with zero attached hydrogens (tertiary/aromatic N) is 5. The van der Waals surface area contributed by atoms with Gasteiger partial charge in [-0.15, -0.1) is 0 Å². The number of aromatic nitrogens is 4. The van der Waals surface area contributed by atoms with Crippen LogP contribution in [0.4, 0.5) is 11.5 Å². The lowest BCUT2D eigenvalue weighted by Crippen LogP contribution is -2.23. The number of rotatable bonds is 6. The average molecular weight is 365 g/mol. The van der Waals surface area contributed by atoms with Crippen molar-refractivity contribution in [1.29, 1.82) is 0 Å². The summed E-state index contributed by atoms with van der Waals surface area (Å²) in [5, 5.41) is 4.45. The first kappa shape index (κ1) is 18.6. The third kappa shape index (κ3) is 3.81. The molecule has 0 N–H and O–H groups in total. The Hall–Kier alpha value is -3.22. The highest BCUT2D eigenvalue weighted by molar-refractivity contribution is 5.95. The second kappa shape index (κ2) is 7.99. The summed E-state index contributed by atoms with van der Waals surface area (Å²) < 4.78 is 6.88. The maximum Gasteiger partial charge on any atom is 0.343 e. The quantitative estimate of drug-likeness (QED) is 0.621. The van der Waals surface area contributed by atoms with Crippen molar-refractivity contribution in [3.8, 4) is 5.95 Å². The van der Waals surface area contributed by atoms with Gasteiger partial charge in [0, 0.05) is 24.1 Å². The summed E-state index contributed by atoms with van der Waals surface area (Å²) in [5.74, 6) is 0.472. The van der Waals surface area contributed by atoms with Crippen LogP contribution in [0.1, 0.15) is 35.6 Å². The van der Waals surface area contributed by atoms with Crippen LogP contribution in [0, 0.1) is 13.8 Å². The van der Waals surface area contributed by atoms with Gasteiger partial charge in [0.15, 0.2) is 5.82 Å². The number of esters is 1. The van der Waals surface area contributed by atoms with Gasteiger partial charge in [-0.25, -0.2) is 14.5 Å². The van der Waals surface area contributed by atoms with E-state index in [0.717, 1.165) is 17.1 Å². The molecule has 0 atom stereocenters. The highest BCUT2D eigenvalue weighted by atomic mass is 16.5. The van der Waals surface area contributed by atoms with Gasteiger partial charge in [0.25, 0.3) is 5.95 Å². The Kier molecular flexibility index (Phi) is 5.49. The van der Waals surface area contributed by atoms with Crippen LogP contribution >= 0.6 is 0 Å². The second-order valence-electron chi connectivity index (χ2n) is 6.05. The van der Waals surface area contributed by atoms with Gasteiger partial charge < -0.3 is 9.64 Å². The standard InChI is InChI=1S/C20H23N5O2/c1-5-24(16-10-8-7-9-11-16)18-17(19(26)27-6-2)13-21-20(22-18)25-15(4)12-14(3)23-25/h7-13H,5-6H2,1-4H3. The maximum atomic E-state index is 12.5. The molecule has 0 saturated heterocycles. The summed E-state index contributed by atoms with van der Waals surface area (Å²) in [4.78, 5) is 23.5. The van der Waals surface area contributed by atoms with Crippen molar-refractivity contribution in [1.82, 2.24) is 19.7 Å². The van der Waals surface area contributed by atoms with Crippen molar-refractivity contribution in [3.63, 3.8) is 0 Å². The number of benzene rings is 1. The third-order valence-electron chi connectivity index (χ3n) is 4.09. The van der Waals surface area contributed by atoms with E-state index in [0.29, 0.717) is 23.9 Å². The normalized spacial score (nSPS) is 10.7. The van der Waals surface area contributed by atoms with Crippen LogP contribution < -0.4 is 4.90 Å². The first-order chi connectivity index (χ1) is 13.0. The second-order valence-corrected chi connectivity index (χ2v) is 6.05. The summed E-state index contributed by atoms with van der Waals surface area (Å²) in [6, 6.07) is 11.8. The van der Waals surface area contributed by atoms with Crippen LogP contribution in [-0.2, 0) is 4.74 Å². The largest absolute Gasteiger partial charge is 0.462 e. The molecule has 3 aromatic rings. The van der Waals surface area contributed by atoms with E-state index in [1.807, 2.05) is 62.1 Å². The minimum absolute atomic E-state index is 0.287. The van der Waals surface area contributed by atoms with Crippen molar-refractivity contribution in [2.45, 2.75) is 27.7 Å². The Bertz CT molecular complexity index is 937. The minimum atomic E-state index is -0.443. The Morgan fingerprint density at radius 1 is 1.19 bits per heavy atom. The van der Waals surface area contributed by atoms with E-state index >= 15 is 0 Å². The van der Waals surface area contributed by atoms with E-state index in [9.17, 15) is 4.79 Å². The molecule has 0 bridgehead atoms. The molecule has 7 nitrogen and oxygen atoms in total. The van der Waals surface area contributed by atoms with Crippen LogP contribution in [0.5, 0.6) is 0 Å². The van der Waals surface area contributed by atoms with Gasteiger partial charge in [0.2, 0.25) is 0 Å². The van der Waals surface area contributed by atoms with Crippen LogP contribution in [-0.4, -0.2) is 38.9 Å². The lowest BCUT2D eigenvalue weighted by Gasteiger charge is -2.24. The number of aryl methyl sites for hydroxylation is 2. The molecule has 0 aliphatic heterocycles. The number of hydrogen-bond donors (Lipinski definition) is 0. The van der Waals surface area contributed by atoms with Gasteiger partial charge >= 0.3 is 5.97 Å². The molecular formula is C20H23N5O2. The highest BCUT2D eigenvalue weighted by Crippen LogP contribution is 2.27. The molecule has 3 rings (SSSR count). The molecule has 0 saturated carbocycles. The molecule has 2 heterocycles. The zero-order valence-corrected chi connectivity index (χ0v) is 16.0. The molecule has 0 amide bonds. The molecule has 0 unspecified atom stereocenters. The van der Waals surface area contributed by atoms with Gasteiger partial charge in [-0.1, -0.05) is 18.2 Å². The topological polar surface area (TPSA) is 73.1 Å². The predicted molar refractivity (Wildman–Crippen MR) is 104 cm³/mol. The average Bonchev–Trinajstić information content (AvgIpc) is 3.01. The molecule has 0 spiro atoms. The Labute approximate surface area is 158 Å². The predicted octanol–water partition coefficient (Wildman–Crippen LogP) is 3.61. The number of carbonyl (C=O) groups is 1. The summed E-state index contributed by atoms with van der Waals surface area (Å²) >= 11 is 0. The van der Waals surface area contributed by atoms with E-state index in [-0.39, 0.29) is 6.61 Å². The monoisotopic (exact) mass is 365 g/mol. The number of hydrogen-bond acceptors (Lipinski definition) is 6. The Morgan fingerprint density at radius 3 is 2.52 bits per heavy atom. The zero-order chi connectivity index (χ0) is 19.4. The van der Waals surface area contributed by atoms with Crippen LogP contribution in [0.15, 0.2) is 42.6 Å². The van der Waals surface area contributed by atoms with Gasteiger partial charge in [0.05, 0.1) is 12.3 Å². The number of para-hydroxylation sites is 1. The molecule has 7 heteroatoms. The smallest absolute Gasteiger partial charge is 0.343 e. The van der Waals surface area contributed by atoms with E-state index in [2.05, 4.69) is 15.1 Å². The van der Waals surface area contributed by atoms with Gasteiger partial charge in [-0.05, 0) is 45.9 Å². The lowest BCUT2D eigenvalue weighted by atomic mass is 10.2. The van der Waals surface area contributed by atoms with E-state index in [1.54, 1.807) is 11.6 Å². The Morgan fingerprint density at radius 2 is 1.93 bits per heavy atom. The van der Waals surface area contributed by atoms with Crippen LogP contribution in [0.2, 0.25) is 0 Å². The molecule has 0 aliphatic rings. The SMILES string of the molecule is CCOC(=O)c1cnc(-n2nc(C)cc2C)nc1N(CC)c1ccccc1. The van der Waals surface area contributed by atoms with E-state index < -0.39 is 5.97 Å². The van der Waals surface area contributed by atoms with Gasteiger partial charge in [-0.3, -0.25) is 0 Å². The third-order valence-corrected chi connectivity index (χ3v) is 4.09. The number of carbonyl (C=O) groups excluding carboxylic acids is 1. The summed E-state index contributed by atoms with van der Waals surface area (Å²) in [6.45, 7) is 8.56. The Balaban J connectivity index is 2.16. The number of ether oxygens (including phenoxy) is 1. The maximum absolute atomic E-state index is 12.5. The fourth-order valence-corrected chi connectivity index (χ4v) is 2.92. The fraction of sp³-hybridized carbons (Fsp3) is 0.300. The van der Waals surface area contributed by atoms with E-state index in [1.165, 1.54) is 6.20 Å². The van der Waals surface area contributed by atoms with Crippen molar-refractivity contribution in [2.24, 2.45) is 0 Å². The highest BCUT2D eigenvalue weighted by Gasteiger charge is 2.22. The summed E-state index contributed by atoms with van der Waals surface area (Å²) in [5.41, 5.74) is 3.06. The minimum Gasteiger partial charge on any atom is -0.462 e. The van der Waals surface area contributed by atoms with E-state index in [4.69, 9.17) is 4.74 Å². The molecule has 0 radical (unpaired) electrons.